The molecule has 3 aromatic carbocycles. The van der Waals surface area contributed by atoms with E-state index in [2.05, 4.69) is 0 Å². The van der Waals surface area contributed by atoms with E-state index in [9.17, 15) is 8.78 Å². The lowest BCUT2D eigenvalue weighted by molar-refractivity contribution is 0.616. The predicted octanol–water partition coefficient (Wildman–Crippen LogP) is 7.19. The monoisotopic (exact) mass is 356 g/mol. The molecule has 128 valence electrons. The van der Waals surface area contributed by atoms with Gasteiger partial charge in [-0.2, -0.15) is 0 Å². The third-order valence-corrected chi connectivity index (χ3v) is 4.89. The molecule has 0 atom stereocenters. The van der Waals surface area contributed by atoms with Crippen LogP contribution >= 0.6 is 11.6 Å². The first-order valence-corrected chi connectivity index (χ1v) is 8.49. The van der Waals surface area contributed by atoms with E-state index >= 15 is 0 Å². The molecular weight excluding hydrogens is 338 g/mol. The van der Waals surface area contributed by atoms with Crippen LogP contribution in [0.3, 0.4) is 0 Å². The minimum atomic E-state index is -0.367. The van der Waals surface area contributed by atoms with Crippen LogP contribution < -0.4 is 0 Å². The van der Waals surface area contributed by atoms with Crippen molar-refractivity contribution >= 4 is 11.6 Å². The average molecular weight is 357 g/mol. The first kappa shape index (κ1) is 17.6. The molecule has 0 amide bonds. The summed E-state index contributed by atoms with van der Waals surface area (Å²) in [7, 11) is 0. The number of hydrogen-bond donors (Lipinski definition) is 0. The second-order valence-corrected chi connectivity index (χ2v) is 6.95. The number of aryl methyl sites for hydroxylation is 3. The molecule has 0 aliphatic heterocycles. The first-order valence-electron chi connectivity index (χ1n) is 8.11. The second kappa shape index (κ2) is 6.61. The van der Waals surface area contributed by atoms with E-state index in [0.29, 0.717) is 21.7 Å². The van der Waals surface area contributed by atoms with Crippen LogP contribution in [0.15, 0.2) is 42.5 Å². The fourth-order valence-corrected chi connectivity index (χ4v) is 3.57. The quantitative estimate of drug-likeness (QED) is 0.456. The lowest BCUT2D eigenvalue weighted by Gasteiger charge is -2.13. The average Bonchev–Trinajstić information content (AvgIpc) is 2.51. The summed E-state index contributed by atoms with van der Waals surface area (Å²) >= 11 is 6.08. The summed E-state index contributed by atoms with van der Waals surface area (Å²) in [6.07, 6.45) is 0. The van der Waals surface area contributed by atoms with Gasteiger partial charge in [0.2, 0.25) is 0 Å². The summed E-state index contributed by atoms with van der Waals surface area (Å²) in [6, 6.07) is 12.0. The maximum Gasteiger partial charge on any atom is 0.131 e. The highest BCUT2D eigenvalue weighted by Crippen LogP contribution is 2.34. The van der Waals surface area contributed by atoms with Gasteiger partial charge in [-0.1, -0.05) is 29.8 Å². The summed E-state index contributed by atoms with van der Waals surface area (Å²) in [5.74, 6) is -0.684. The van der Waals surface area contributed by atoms with E-state index in [1.165, 1.54) is 12.1 Å². The van der Waals surface area contributed by atoms with Crippen molar-refractivity contribution in [3.05, 3.63) is 81.4 Å². The molecule has 0 aliphatic carbocycles. The van der Waals surface area contributed by atoms with E-state index in [1.54, 1.807) is 13.0 Å². The van der Waals surface area contributed by atoms with Crippen LogP contribution in [0, 0.1) is 39.3 Å². The molecule has 3 rings (SSSR count). The first-order chi connectivity index (χ1) is 11.8. The molecule has 0 nitrogen and oxygen atoms in total. The van der Waals surface area contributed by atoms with Crippen molar-refractivity contribution in [2.45, 2.75) is 27.7 Å². The maximum absolute atomic E-state index is 14.8. The molecule has 0 unspecified atom stereocenters. The van der Waals surface area contributed by atoms with Crippen LogP contribution in [-0.2, 0) is 0 Å². The van der Waals surface area contributed by atoms with Gasteiger partial charge in [-0.3, -0.25) is 0 Å². The van der Waals surface area contributed by atoms with Gasteiger partial charge in [-0.15, -0.1) is 0 Å². The summed E-state index contributed by atoms with van der Waals surface area (Å²) < 4.78 is 28.8. The molecule has 0 saturated carbocycles. The molecular formula is C22H19ClF2. The highest BCUT2D eigenvalue weighted by molar-refractivity contribution is 6.30. The molecule has 3 aromatic rings. The van der Waals surface area contributed by atoms with Gasteiger partial charge in [0, 0.05) is 10.6 Å². The van der Waals surface area contributed by atoms with Crippen LogP contribution in [-0.4, -0.2) is 0 Å². The van der Waals surface area contributed by atoms with E-state index in [1.807, 2.05) is 45.0 Å². The molecule has 0 N–H and O–H groups in total. The van der Waals surface area contributed by atoms with Crippen LogP contribution in [0.1, 0.15) is 22.3 Å². The number of halogens is 3. The van der Waals surface area contributed by atoms with Crippen molar-refractivity contribution in [2.75, 3.05) is 0 Å². The van der Waals surface area contributed by atoms with Gasteiger partial charge in [0.05, 0.1) is 0 Å². The van der Waals surface area contributed by atoms with Gasteiger partial charge in [0.25, 0.3) is 0 Å². The zero-order valence-corrected chi connectivity index (χ0v) is 15.4. The molecule has 25 heavy (non-hydrogen) atoms. The molecule has 0 aliphatic rings. The fourth-order valence-electron chi connectivity index (χ4n) is 3.24. The third kappa shape index (κ3) is 3.32. The Morgan fingerprint density at radius 3 is 1.84 bits per heavy atom. The largest absolute Gasteiger partial charge is 0.207 e. The normalized spacial score (nSPS) is 11.0. The summed E-state index contributed by atoms with van der Waals surface area (Å²) in [5, 5.41) is 0.668. The smallest absolute Gasteiger partial charge is 0.131 e. The Hall–Kier alpha value is -2.19. The molecule has 0 fully saturated rings. The Morgan fingerprint density at radius 2 is 1.28 bits per heavy atom. The van der Waals surface area contributed by atoms with Crippen molar-refractivity contribution in [3.63, 3.8) is 0 Å². The zero-order chi connectivity index (χ0) is 18.3. The molecule has 0 spiro atoms. The number of benzene rings is 3. The lowest BCUT2D eigenvalue weighted by atomic mass is 9.93. The van der Waals surface area contributed by atoms with Gasteiger partial charge < -0.3 is 0 Å². The number of hydrogen-bond acceptors (Lipinski definition) is 0. The highest BCUT2D eigenvalue weighted by Gasteiger charge is 2.13. The topological polar surface area (TPSA) is 0 Å². The van der Waals surface area contributed by atoms with Crippen molar-refractivity contribution < 1.29 is 8.78 Å². The molecule has 0 saturated heterocycles. The lowest BCUT2D eigenvalue weighted by Crippen LogP contribution is -1.94. The van der Waals surface area contributed by atoms with Crippen LogP contribution in [0.25, 0.3) is 22.3 Å². The third-order valence-electron chi connectivity index (χ3n) is 4.67. The Balaban J connectivity index is 2.12. The molecule has 0 bridgehead atoms. The van der Waals surface area contributed by atoms with Crippen molar-refractivity contribution in [1.82, 2.24) is 0 Å². The van der Waals surface area contributed by atoms with Gasteiger partial charge in [-0.05, 0) is 90.9 Å². The summed E-state index contributed by atoms with van der Waals surface area (Å²) in [5.41, 5.74) is 6.10. The number of rotatable bonds is 2. The van der Waals surface area contributed by atoms with Gasteiger partial charge in [0.15, 0.2) is 0 Å². The predicted molar refractivity (Wildman–Crippen MR) is 101 cm³/mol. The zero-order valence-electron chi connectivity index (χ0n) is 14.7. The second-order valence-electron chi connectivity index (χ2n) is 6.51. The molecule has 0 heterocycles. The minimum absolute atomic E-state index is 0.317. The van der Waals surface area contributed by atoms with Gasteiger partial charge in [0.1, 0.15) is 11.6 Å². The summed E-state index contributed by atoms with van der Waals surface area (Å²) in [4.78, 5) is 0. The highest BCUT2D eigenvalue weighted by atomic mass is 35.5. The Labute approximate surface area is 152 Å². The van der Waals surface area contributed by atoms with E-state index in [4.69, 9.17) is 11.6 Å². The fraction of sp³-hybridized carbons (Fsp3) is 0.182. The van der Waals surface area contributed by atoms with E-state index < -0.39 is 0 Å². The maximum atomic E-state index is 14.8. The molecule has 3 heteroatoms. The van der Waals surface area contributed by atoms with Crippen molar-refractivity contribution in [2.24, 2.45) is 0 Å². The SMILES string of the molecule is Cc1cc(-c2ccc(-c3c(C)cc(Cl)cc3C)cc2F)cc(F)c1C. The van der Waals surface area contributed by atoms with Crippen molar-refractivity contribution in [3.8, 4) is 22.3 Å². The Kier molecular flexibility index (Phi) is 4.66. The van der Waals surface area contributed by atoms with Crippen LogP contribution in [0.4, 0.5) is 8.78 Å². The van der Waals surface area contributed by atoms with Crippen LogP contribution in [0.2, 0.25) is 5.02 Å². The van der Waals surface area contributed by atoms with E-state index in [-0.39, 0.29) is 11.6 Å². The van der Waals surface area contributed by atoms with Gasteiger partial charge >= 0.3 is 0 Å². The molecule has 0 radical (unpaired) electrons. The van der Waals surface area contributed by atoms with Crippen LogP contribution in [0.5, 0.6) is 0 Å². The Bertz CT molecular complexity index is 928. The van der Waals surface area contributed by atoms with Gasteiger partial charge in [-0.25, -0.2) is 8.78 Å². The van der Waals surface area contributed by atoms with E-state index in [0.717, 1.165) is 27.8 Å². The minimum Gasteiger partial charge on any atom is -0.207 e. The summed E-state index contributed by atoms with van der Waals surface area (Å²) in [6.45, 7) is 7.46. The Morgan fingerprint density at radius 1 is 0.680 bits per heavy atom. The van der Waals surface area contributed by atoms with Crippen molar-refractivity contribution in [1.29, 1.82) is 0 Å². The molecule has 0 aromatic heterocycles. The standard InChI is InChI=1S/C22H19ClF2/c1-12-7-17(11-20(24)15(12)4)19-6-5-16(10-21(19)25)22-13(2)8-18(23)9-14(22)3/h5-11H,1-4H3.